The van der Waals surface area contributed by atoms with Gasteiger partial charge in [-0.1, -0.05) is 22.9 Å². The van der Waals surface area contributed by atoms with E-state index in [9.17, 15) is 25.0 Å². The van der Waals surface area contributed by atoms with E-state index in [1.165, 1.54) is 12.3 Å². The fourth-order valence-corrected chi connectivity index (χ4v) is 3.53. The summed E-state index contributed by atoms with van der Waals surface area (Å²) < 4.78 is 17.6. The molecule has 0 fully saturated rings. The summed E-state index contributed by atoms with van der Waals surface area (Å²) in [4.78, 5) is 33.6. The lowest BCUT2D eigenvalue weighted by molar-refractivity contribution is -0.394. The molecule has 0 aliphatic rings. The highest BCUT2D eigenvalue weighted by molar-refractivity contribution is 9.10. The van der Waals surface area contributed by atoms with Crippen LogP contribution in [0.1, 0.15) is 36.2 Å². The number of carbonyl (C=O) groups is 1. The smallest absolute Gasteiger partial charge is 0.318 e. The zero-order valence-corrected chi connectivity index (χ0v) is 22.0. The number of hydrazone groups is 1. The first-order chi connectivity index (χ1) is 18.2. The third kappa shape index (κ3) is 7.26. The fraction of sp³-hybridized carbons (Fsp3) is 0.200. The molecular formula is C25H23BrN4O8. The van der Waals surface area contributed by atoms with Crippen LogP contribution in [0.25, 0.3) is 0 Å². The number of nitrogens with zero attached hydrogens (tertiary/aromatic N) is 3. The van der Waals surface area contributed by atoms with E-state index in [-0.39, 0.29) is 11.5 Å². The van der Waals surface area contributed by atoms with Crippen molar-refractivity contribution in [3.05, 3.63) is 90.4 Å². The van der Waals surface area contributed by atoms with Crippen molar-refractivity contribution in [3.8, 4) is 23.0 Å². The van der Waals surface area contributed by atoms with Crippen LogP contribution in [0, 0.1) is 20.2 Å². The first-order valence-corrected chi connectivity index (χ1v) is 12.2. The number of benzene rings is 3. The van der Waals surface area contributed by atoms with E-state index in [1.807, 2.05) is 13.8 Å². The van der Waals surface area contributed by atoms with Gasteiger partial charge in [-0.15, -0.1) is 0 Å². The van der Waals surface area contributed by atoms with Crippen LogP contribution in [-0.4, -0.2) is 35.2 Å². The predicted molar refractivity (Wildman–Crippen MR) is 142 cm³/mol. The van der Waals surface area contributed by atoms with Crippen molar-refractivity contribution in [2.24, 2.45) is 5.10 Å². The van der Waals surface area contributed by atoms with Gasteiger partial charge in [0, 0.05) is 21.7 Å². The van der Waals surface area contributed by atoms with Crippen LogP contribution in [-0.2, 0) is 0 Å². The lowest BCUT2D eigenvalue weighted by Crippen LogP contribution is -2.18. The maximum Gasteiger partial charge on any atom is 0.318 e. The molecule has 0 heterocycles. The largest absolute Gasteiger partial charge is 0.490 e. The van der Waals surface area contributed by atoms with Gasteiger partial charge in [-0.25, -0.2) is 5.43 Å². The second kappa shape index (κ2) is 13.1. The van der Waals surface area contributed by atoms with E-state index in [2.05, 4.69) is 26.5 Å². The summed E-state index contributed by atoms with van der Waals surface area (Å²) in [6.07, 6.45) is 2.12. The van der Waals surface area contributed by atoms with Gasteiger partial charge in [0.2, 0.25) is 5.75 Å². The zero-order chi connectivity index (χ0) is 27.7. The predicted octanol–water partition coefficient (Wildman–Crippen LogP) is 6.01. The summed E-state index contributed by atoms with van der Waals surface area (Å²) in [5.41, 5.74) is 2.06. The maximum absolute atomic E-state index is 12.7. The summed E-state index contributed by atoms with van der Waals surface area (Å²) >= 11 is 3.34. The van der Waals surface area contributed by atoms with E-state index in [4.69, 9.17) is 14.2 Å². The van der Waals surface area contributed by atoms with E-state index in [0.29, 0.717) is 40.3 Å². The summed E-state index contributed by atoms with van der Waals surface area (Å²) in [6, 6.07) is 12.6. The van der Waals surface area contributed by atoms with Crippen molar-refractivity contribution in [1.29, 1.82) is 0 Å². The molecule has 0 atom stereocenters. The van der Waals surface area contributed by atoms with Gasteiger partial charge in [-0.05, 0) is 55.8 Å². The normalized spacial score (nSPS) is 10.7. The Morgan fingerprint density at radius 3 is 2.37 bits per heavy atom. The molecular weight excluding hydrogens is 564 g/mol. The third-order valence-corrected chi connectivity index (χ3v) is 5.37. The lowest BCUT2D eigenvalue weighted by Gasteiger charge is -2.12. The molecule has 0 unspecified atom stereocenters. The Kier molecular flexibility index (Phi) is 9.71. The third-order valence-electron chi connectivity index (χ3n) is 4.88. The quantitative estimate of drug-likeness (QED) is 0.153. The molecule has 0 bridgehead atoms. The highest BCUT2D eigenvalue weighted by Gasteiger charge is 2.22. The van der Waals surface area contributed by atoms with Crippen molar-refractivity contribution in [2.75, 3.05) is 13.2 Å². The molecule has 1 amide bonds. The van der Waals surface area contributed by atoms with Gasteiger partial charge in [0.1, 0.15) is 5.75 Å². The zero-order valence-electron chi connectivity index (χ0n) is 20.4. The Morgan fingerprint density at radius 2 is 1.68 bits per heavy atom. The first kappa shape index (κ1) is 28.1. The Hall–Kier alpha value is -4.52. The molecule has 38 heavy (non-hydrogen) atoms. The molecule has 0 aromatic heterocycles. The molecule has 0 radical (unpaired) electrons. The van der Waals surface area contributed by atoms with Crippen LogP contribution in [0.2, 0.25) is 0 Å². The number of amides is 1. The minimum absolute atomic E-state index is 0.166. The summed E-state index contributed by atoms with van der Waals surface area (Å²) in [6.45, 7) is 4.71. The van der Waals surface area contributed by atoms with Gasteiger partial charge in [-0.2, -0.15) is 5.10 Å². The van der Waals surface area contributed by atoms with Gasteiger partial charge < -0.3 is 14.2 Å². The number of nitrogens with one attached hydrogen (secondary N) is 1. The molecule has 12 nitrogen and oxygen atoms in total. The average Bonchev–Trinajstić information content (AvgIpc) is 2.89. The summed E-state index contributed by atoms with van der Waals surface area (Å²) in [5, 5.41) is 26.4. The van der Waals surface area contributed by atoms with Crippen molar-refractivity contribution in [2.45, 2.75) is 20.3 Å². The fourth-order valence-electron chi connectivity index (χ4n) is 3.15. The van der Waals surface area contributed by atoms with Crippen molar-refractivity contribution >= 4 is 39.4 Å². The molecule has 0 aliphatic carbocycles. The molecule has 3 aromatic rings. The van der Waals surface area contributed by atoms with Gasteiger partial charge >= 0.3 is 5.69 Å². The number of hydrogen-bond donors (Lipinski definition) is 1. The molecule has 0 aliphatic heterocycles. The van der Waals surface area contributed by atoms with Crippen LogP contribution < -0.4 is 19.6 Å². The first-order valence-electron chi connectivity index (χ1n) is 11.4. The Bertz CT molecular complexity index is 1380. The van der Waals surface area contributed by atoms with E-state index < -0.39 is 27.1 Å². The Labute approximate surface area is 225 Å². The number of rotatable bonds is 12. The molecule has 0 spiro atoms. The number of nitro groups is 2. The molecule has 1 N–H and O–H groups in total. The van der Waals surface area contributed by atoms with E-state index in [1.54, 1.807) is 30.3 Å². The van der Waals surface area contributed by atoms with Gasteiger partial charge in [0.05, 0.1) is 35.3 Å². The van der Waals surface area contributed by atoms with Crippen LogP contribution in [0.4, 0.5) is 11.4 Å². The summed E-state index contributed by atoms with van der Waals surface area (Å²) in [7, 11) is 0. The Balaban J connectivity index is 1.81. The monoisotopic (exact) mass is 586 g/mol. The minimum atomic E-state index is -0.774. The number of nitro benzene ring substituents is 2. The molecule has 0 saturated carbocycles. The number of ether oxygens (including phenoxy) is 3. The highest BCUT2D eigenvalue weighted by Crippen LogP contribution is 2.36. The van der Waals surface area contributed by atoms with Crippen LogP contribution in [0.5, 0.6) is 23.0 Å². The average molecular weight is 587 g/mol. The molecule has 13 heteroatoms. The van der Waals surface area contributed by atoms with E-state index in [0.717, 1.165) is 24.6 Å². The molecule has 3 aromatic carbocycles. The number of carbonyl (C=O) groups excluding carboxylic acids is 1. The van der Waals surface area contributed by atoms with Crippen molar-refractivity contribution < 1.29 is 28.9 Å². The number of non-ortho nitro benzene ring substituents is 1. The standard InChI is InChI=1S/C25H23BrN4O8/c1-3-11-37-23-8-5-16(13-24(23)36-4-2)25(31)28-27-15-17-12-18(26)6-9-21(17)38-22-10-7-19(29(32)33)14-20(22)30(34)35/h5-10,12-15H,3-4,11H2,1-2H3,(H,28,31)/b27-15+. The lowest BCUT2D eigenvalue weighted by atomic mass is 10.2. The second-order valence-electron chi connectivity index (χ2n) is 7.59. The van der Waals surface area contributed by atoms with Crippen LogP contribution in [0.3, 0.4) is 0 Å². The minimum Gasteiger partial charge on any atom is -0.490 e. The van der Waals surface area contributed by atoms with E-state index >= 15 is 0 Å². The van der Waals surface area contributed by atoms with Gasteiger partial charge in [0.25, 0.3) is 11.6 Å². The number of hydrogen-bond acceptors (Lipinski definition) is 9. The highest BCUT2D eigenvalue weighted by atomic mass is 79.9. The SMILES string of the molecule is CCCOc1ccc(C(=O)N/N=C/c2cc(Br)ccc2Oc2ccc([N+](=O)[O-])cc2[N+](=O)[O-])cc1OCC. The maximum atomic E-state index is 12.7. The van der Waals surface area contributed by atoms with Crippen LogP contribution >= 0.6 is 15.9 Å². The van der Waals surface area contributed by atoms with Gasteiger partial charge in [-0.3, -0.25) is 25.0 Å². The van der Waals surface area contributed by atoms with Crippen molar-refractivity contribution in [3.63, 3.8) is 0 Å². The molecule has 198 valence electrons. The van der Waals surface area contributed by atoms with Gasteiger partial charge in [0.15, 0.2) is 11.5 Å². The molecule has 3 rings (SSSR count). The molecule has 0 saturated heterocycles. The van der Waals surface area contributed by atoms with Crippen LogP contribution in [0.15, 0.2) is 64.2 Å². The summed E-state index contributed by atoms with van der Waals surface area (Å²) in [5.74, 6) is 0.428. The topological polar surface area (TPSA) is 155 Å². The number of halogens is 1. The Morgan fingerprint density at radius 1 is 0.947 bits per heavy atom. The second-order valence-corrected chi connectivity index (χ2v) is 8.51. The van der Waals surface area contributed by atoms with Crippen molar-refractivity contribution in [1.82, 2.24) is 5.43 Å².